The van der Waals surface area contributed by atoms with Gasteiger partial charge in [-0.25, -0.2) is 0 Å². The molecule has 0 aromatic heterocycles. The van der Waals surface area contributed by atoms with Crippen LogP contribution < -0.4 is 23.8 Å². The van der Waals surface area contributed by atoms with E-state index in [9.17, 15) is 27.9 Å². The number of halogens is 3. The van der Waals surface area contributed by atoms with Crippen LogP contribution in [0.15, 0.2) is 72.3 Å². The number of fused-ring (bicyclic) bond motifs is 1. The number of rotatable bonds is 5. The lowest BCUT2D eigenvalue weighted by molar-refractivity contribution is -0.274. The average Bonchev–Trinajstić information content (AvgIpc) is 3.44. The van der Waals surface area contributed by atoms with Gasteiger partial charge in [-0.3, -0.25) is 14.5 Å². The van der Waals surface area contributed by atoms with Crippen LogP contribution in [0.5, 0.6) is 23.0 Å². The number of hydrogen-bond donors (Lipinski definition) is 1. The molecule has 11 heteroatoms. The molecule has 0 spiro atoms. The van der Waals surface area contributed by atoms with Crippen molar-refractivity contribution in [1.29, 1.82) is 0 Å². The van der Waals surface area contributed by atoms with Crippen molar-refractivity contribution in [2.45, 2.75) is 12.4 Å². The van der Waals surface area contributed by atoms with Gasteiger partial charge in [-0.15, -0.1) is 13.2 Å². The van der Waals surface area contributed by atoms with Gasteiger partial charge in [-0.1, -0.05) is 18.2 Å². The molecule has 1 atom stereocenters. The number of methoxy groups -OCH3 is 1. The number of Topliss-reactive ketones (excluding diaryl/α,β-unsaturated/α-hetero) is 1. The molecule has 0 aliphatic carbocycles. The SMILES string of the molecule is COc1ccc(C2/C(=C(/O)c3ccc4c(c3)OCO4)C(=O)C(=O)N2c2cccc(OC(F)(F)F)c2)cc1. The normalized spacial score (nSPS) is 18.3. The molecule has 1 fully saturated rings. The Morgan fingerprint density at radius 1 is 0.973 bits per heavy atom. The fourth-order valence-corrected chi connectivity index (χ4v) is 4.23. The minimum Gasteiger partial charge on any atom is -0.507 e. The van der Waals surface area contributed by atoms with Gasteiger partial charge in [-0.2, -0.15) is 0 Å². The van der Waals surface area contributed by atoms with Gasteiger partial charge < -0.3 is 24.1 Å². The van der Waals surface area contributed by atoms with Crippen LogP contribution in [-0.2, 0) is 9.59 Å². The first-order valence-electron chi connectivity index (χ1n) is 10.9. The van der Waals surface area contributed by atoms with Gasteiger partial charge in [0, 0.05) is 17.3 Å². The molecule has 1 N–H and O–H groups in total. The van der Waals surface area contributed by atoms with Gasteiger partial charge >= 0.3 is 6.36 Å². The highest BCUT2D eigenvalue weighted by Gasteiger charge is 2.47. The van der Waals surface area contributed by atoms with E-state index in [1.165, 1.54) is 31.4 Å². The zero-order chi connectivity index (χ0) is 26.3. The van der Waals surface area contributed by atoms with Gasteiger partial charge in [0.25, 0.3) is 11.7 Å². The Balaban J connectivity index is 1.66. The third-order valence-corrected chi connectivity index (χ3v) is 5.85. The molecule has 0 saturated carbocycles. The fourth-order valence-electron chi connectivity index (χ4n) is 4.23. The Hall–Kier alpha value is -4.67. The average molecular weight is 513 g/mol. The van der Waals surface area contributed by atoms with E-state index in [-0.39, 0.29) is 23.6 Å². The number of carbonyl (C=O) groups excluding carboxylic acids is 2. The van der Waals surface area contributed by atoms with Crippen molar-refractivity contribution < 1.29 is 46.8 Å². The summed E-state index contributed by atoms with van der Waals surface area (Å²) in [5, 5.41) is 11.2. The number of aliphatic hydroxyl groups excluding tert-OH is 1. The maximum absolute atomic E-state index is 13.3. The standard InChI is InChI=1S/C26H18F3NO7/c1-34-17-8-5-14(6-9-17)22-21(23(31)15-7-10-19-20(11-15)36-13-35-19)24(32)25(33)30(22)16-3-2-4-18(12-16)37-26(27,28)29/h2-12,22,31H,13H2,1H3/b23-21-. The van der Waals surface area contributed by atoms with Crippen molar-refractivity contribution in [1.82, 2.24) is 0 Å². The van der Waals surface area contributed by atoms with Crippen LogP contribution in [0.4, 0.5) is 18.9 Å². The fraction of sp³-hybridized carbons (Fsp3) is 0.154. The number of amides is 1. The first-order valence-corrected chi connectivity index (χ1v) is 10.9. The minimum absolute atomic E-state index is 0.00781. The highest BCUT2D eigenvalue weighted by molar-refractivity contribution is 6.51. The van der Waals surface area contributed by atoms with Crippen LogP contribution in [0, 0.1) is 0 Å². The third-order valence-electron chi connectivity index (χ3n) is 5.85. The number of benzene rings is 3. The number of aliphatic hydroxyl groups is 1. The van der Waals surface area contributed by atoms with E-state index in [4.69, 9.17) is 14.2 Å². The van der Waals surface area contributed by atoms with Crippen molar-refractivity contribution in [2.24, 2.45) is 0 Å². The van der Waals surface area contributed by atoms with Gasteiger partial charge in [0.2, 0.25) is 6.79 Å². The Morgan fingerprint density at radius 3 is 2.41 bits per heavy atom. The molecule has 1 unspecified atom stereocenters. The van der Waals surface area contributed by atoms with Crippen LogP contribution in [0.25, 0.3) is 5.76 Å². The predicted molar refractivity (Wildman–Crippen MR) is 123 cm³/mol. The molecule has 1 amide bonds. The molecule has 2 heterocycles. The van der Waals surface area contributed by atoms with Crippen molar-refractivity contribution in [2.75, 3.05) is 18.8 Å². The first-order chi connectivity index (χ1) is 17.7. The van der Waals surface area contributed by atoms with Gasteiger partial charge in [0.1, 0.15) is 17.3 Å². The van der Waals surface area contributed by atoms with Gasteiger partial charge in [-0.05, 0) is 48.0 Å². The maximum atomic E-state index is 13.3. The van der Waals surface area contributed by atoms with Crippen LogP contribution in [0.3, 0.4) is 0 Å². The van der Waals surface area contributed by atoms with Crippen molar-refractivity contribution in [3.05, 3.63) is 83.4 Å². The number of nitrogens with zero attached hydrogens (tertiary/aromatic N) is 1. The Morgan fingerprint density at radius 2 is 1.70 bits per heavy atom. The van der Waals surface area contributed by atoms with E-state index in [1.54, 1.807) is 30.3 Å². The summed E-state index contributed by atoms with van der Waals surface area (Å²) < 4.78 is 58.3. The number of anilines is 1. The first kappa shape index (κ1) is 24.0. The summed E-state index contributed by atoms with van der Waals surface area (Å²) in [6.45, 7) is -0.00781. The number of hydrogen-bond acceptors (Lipinski definition) is 7. The van der Waals surface area contributed by atoms with Crippen molar-refractivity contribution >= 4 is 23.1 Å². The lowest BCUT2D eigenvalue weighted by Crippen LogP contribution is -2.29. The molecule has 190 valence electrons. The lowest BCUT2D eigenvalue weighted by atomic mass is 9.95. The summed E-state index contributed by atoms with van der Waals surface area (Å²) in [7, 11) is 1.47. The topological polar surface area (TPSA) is 94.5 Å². The largest absolute Gasteiger partial charge is 0.573 e. The molecule has 2 aliphatic rings. The second-order valence-electron chi connectivity index (χ2n) is 8.06. The van der Waals surface area contributed by atoms with E-state index in [1.807, 2.05) is 0 Å². The Kier molecular flexibility index (Phi) is 5.90. The van der Waals surface area contributed by atoms with E-state index < -0.39 is 35.6 Å². The van der Waals surface area contributed by atoms with Crippen molar-refractivity contribution in [3.8, 4) is 23.0 Å². The monoisotopic (exact) mass is 513 g/mol. The summed E-state index contributed by atoms with van der Waals surface area (Å²) >= 11 is 0. The minimum atomic E-state index is -4.96. The molecular formula is C26H18F3NO7. The molecule has 3 aromatic rings. The van der Waals surface area contributed by atoms with Gasteiger partial charge in [0.05, 0.1) is 18.7 Å². The lowest BCUT2D eigenvalue weighted by Gasteiger charge is -2.26. The smallest absolute Gasteiger partial charge is 0.507 e. The third kappa shape index (κ3) is 4.51. The van der Waals surface area contributed by atoms with E-state index in [2.05, 4.69) is 4.74 Å². The zero-order valence-corrected chi connectivity index (χ0v) is 19.1. The molecule has 2 aliphatic heterocycles. The Bertz CT molecular complexity index is 1420. The number of alkyl halides is 3. The summed E-state index contributed by atoms with van der Waals surface area (Å²) in [6, 6.07) is 14.4. The number of ketones is 1. The molecule has 5 rings (SSSR count). The molecule has 0 radical (unpaired) electrons. The van der Waals surface area contributed by atoms with E-state index in [0.717, 1.165) is 17.0 Å². The quantitative estimate of drug-likeness (QED) is 0.293. The molecule has 0 bridgehead atoms. The predicted octanol–water partition coefficient (Wildman–Crippen LogP) is 4.95. The molecule has 3 aromatic carbocycles. The second kappa shape index (κ2) is 9.08. The van der Waals surface area contributed by atoms with Gasteiger partial charge in [0.15, 0.2) is 11.5 Å². The van der Waals surface area contributed by atoms with Crippen LogP contribution in [0.1, 0.15) is 17.2 Å². The molecule has 37 heavy (non-hydrogen) atoms. The molecule has 1 saturated heterocycles. The zero-order valence-electron chi connectivity index (χ0n) is 19.1. The number of ether oxygens (including phenoxy) is 4. The summed E-state index contributed by atoms with van der Waals surface area (Å²) in [5.41, 5.74) is 0.310. The summed E-state index contributed by atoms with van der Waals surface area (Å²) in [6.07, 6.45) is -4.96. The molecule has 8 nitrogen and oxygen atoms in total. The highest BCUT2D eigenvalue weighted by Crippen LogP contribution is 2.44. The summed E-state index contributed by atoms with van der Waals surface area (Å²) in [5.74, 6) is -1.82. The van der Waals surface area contributed by atoms with E-state index in [0.29, 0.717) is 22.8 Å². The van der Waals surface area contributed by atoms with Crippen LogP contribution >= 0.6 is 0 Å². The highest BCUT2D eigenvalue weighted by atomic mass is 19.4. The van der Waals surface area contributed by atoms with Crippen molar-refractivity contribution in [3.63, 3.8) is 0 Å². The van der Waals surface area contributed by atoms with E-state index >= 15 is 0 Å². The maximum Gasteiger partial charge on any atom is 0.573 e. The number of carbonyl (C=O) groups is 2. The summed E-state index contributed by atoms with van der Waals surface area (Å²) in [4.78, 5) is 27.5. The van der Waals surface area contributed by atoms with Crippen LogP contribution in [0.2, 0.25) is 0 Å². The second-order valence-corrected chi connectivity index (χ2v) is 8.06. The Labute approximate surface area is 208 Å². The van der Waals surface area contributed by atoms with Crippen LogP contribution in [-0.4, -0.2) is 37.1 Å². The molecular weight excluding hydrogens is 495 g/mol.